The number of benzene rings is 1. The Morgan fingerprint density at radius 2 is 2.14 bits per heavy atom. The van der Waals surface area contributed by atoms with Crippen LogP contribution in [0.3, 0.4) is 0 Å². The second-order valence-corrected chi connectivity index (χ2v) is 3.06. The maximum absolute atomic E-state index is 11.6. The van der Waals surface area contributed by atoms with E-state index < -0.39 is 0 Å². The van der Waals surface area contributed by atoms with Crippen molar-refractivity contribution in [3.63, 3.8) is 0 Å². The molecule has 1 aromatic rings. The molecule has 0 aliphatic rings. The number of carbonyl (C=O) groups excluding carboxylic acids is 1. The molecular weight excluding hydrogens is 176 g/mol. The summed E-state index contributed by atoms with van der Waals surface area (Å²) in [5, 5.41) is 0. The minimum absolute atomic E-state index is 0.0456. The molecule has 1 aromatic carbocycles. The van der Waals surface area contributed by atoms with Crippen molar-refractivity contribution in [1.82, 2.24) is 0 Å². The molecule has 0 atom stereocenters. The lowest BCUT2D eigenvalue weighted by molar-refractivity contribution is 0.102. The third-order valence-electron chi connectivity index (χ3n) is 1.99. The van der Waals surface area contributed by atoms with Gasteiger partial charge in [-0.25, -0.2) is 0 Å². The zero-order valence-electron chi connectivity index (χ0n) is 8.62. The first-order valence-electron chi connectivity index (χ1n) is 4.80. The molecule has 0 bridgehead atoms. The summed E-state index contributed by atoms with van der Waals surface area (Å²) in [5.74, 6) is 0.689. The SMILES string of the molecule is CCC[CH]C(=O)c1ccccc1OC. The van der Waals surface area contributed by atoms with Gasteiger partial charge >= 0.3 is 0 Å². The lowest BCUT2D eigenvalue weighted by Gasteiger charge is -2.05. The van der Waals surface area contributed by atoms with Crippen molar-refractivity contribution in [2.24, 2.45) is 0 Å². The van der Waals surface area contributed by atoms with Crippen LogP contribution < -0.4 is 4.74 Å². The number of ketones is 1. The molecule has 0 aliphatic heterocycles. The van der Waals surface area contributed by atoms with Crippen LogP contribution in [0.5, 0.6) is 5.75 Å². The van der Waals surface area contributed by atoms with Crippen molar-refractivity contribution in [2.75, 3.05) is 7.11 Å². The Labute approximate surface area is 84.9 Å². The second kappa shape index (κ2) is 5.43. The topological polar surface area (TPSA) is 26.3 Å². The van der Waals surface area contributed by atoms with E-state index in [4.69, 9.17) is 4.74 Å². The Bertz CT molecular complexity index is 305. The van der Waals surface area contributed by atoms with Gasteiger partial charge in [0.25, 0.3) is 0 Å². The van der Waals surface area contributed by atoms with Gasteiger partial charge in [0.1, 0.15) is 5.75 Å². The summed E-state index contributed by atoms with van der Waals surface area (Å²) < 4.78 is 5.11. The molecule has 14 heavy (non-hydrogen) atoms. The number of para-hydroxylation sites is 1. The smallest absolute Gasteiger partial charge is 0.170 e. The van der Waals surface area contributed by atoms with Crippen LogP contribution >= 0.6 is 0 Å². The molecular formula is C12H15O2. The number of methoxy groups -OCH3 is 1. The number of carbonyl (C=O) groups is 1. The number of hydrogen-bond acceptors (Lipinski definition) is 2. The van der Waals surface area contributed by atoms with E-state index in [1.54, 1.807) is 25.7 Å². The lowest BCUT2D eigenvalue weighted by atomic mass is 10.0. The molecule has 0 spiro atoms. The van der Waals surface area contributed by atoms with Crippen LogP contribution in [0.2, 0.25) is 0 Å². The molecule has 2 heteroatoms. The molecule has 0 aliphatic carbocycles. The minimum Gasteiger partial charge on any atom is -0.496 e. The third-order valence-corrected chi connectivity index (χ3v) is 1.99. The van der Waals surface area contributed by atoms with Gasteiger partial charge in [-0.05, 0) is 18.6 Å². The van der Waals surface area contributed by atoms with Gasteiger partial charge in [-0.1, -0.05) is 25.5 Å². The van der Waals surface area contributed by atoms with Gasteiger partial charge in [-0.3, -0.25) is 4.79 Å². The average Bonchev–Trinajstić information content (AvgIpc) is 2.25. The Morgan fingerprint density at radius 1 is 1.43 bits per heavy atom. The van der Waals surface area contributed by atoms with Crippen LogP contribution in [0, 0.1) is 6.42 Å². The number of ether oxygens (including phenoxy) is 1. The Hall–Kier alpha value is -1.31. The highest BCUT2D eigenvalue weighted by atomic mass is 16.5. The summed E-state index contributed by atoms with van der Waals surface area (Å²) >= 11 is 0. The fourth-order valence-corrected chi connectivity index (χ4v) is 1.23. The fourth-order valence-electron chi connectivity index (χ4n) is 1.23. The van der Waals surface area contributed by atoms with E-state index in [9.17, 15) is 4.79 Å². The van der Waals surface area contributed by atoms with Gasteiger partial charge < -0.3 is 4.74 Å². The standard InChI is InChI=1S/C12H15O2/c1-3-4-8-11(13)10-7-5-6-9-12(10)14-2/h5-9H,3-4H2,1-2H3. The molecule has 0 saturated heterocycles. The first kappa shape index (κ1) is 10.8. The molecule has 75 valence electrons. The average molecular weight is 191 g/mol. The summed E-state index contributed by atoms with van der Waals surface area (Å²) in [7, 11) is 1.58. The van der Waals surface area contributed by atoms with Gasteiger partial charge in [0, 0.05) is 6.42 Å². The van der Waals surface area contributed by atoms with Crippen LogP contribution in [0.4, 0.5) is 0 Å². The van der Waals surface area contributed by atoms with Crippen LogP contribution in [-0.2, 0) is 0 Å². The van der Waals surface area contributed by atoms with Crippen molar-refractivity contribution in [3.05, 3.63) is 36.2 Å². The van der Waals surface area contributed by atoms with E-state index in [0.717, 1.165) is 12.8 Å². The first-order chi connectivity index (χ1) is 6.79. The molecule has 0 aromatic heterocycles. The highest BCUT2D eigenvalue weighted by molar-refractivity contribution is 6.04. The lowest BCUT2D eigenvalue weighted by Crippen LogP contribution is -2.02. The summed E-state index contributed by atoms with van der Waals surface area (Å²) in [6, 6.07) is 7.28. The van der Waals surface area contributed by atoms with Gasteiger partial charge in [-0.15, -0.1) is 0 Å². The van der Waals surface area contributed by atoms with Crippen molar-refractivity contribution in [2.45, 2.75) is 19.8 Å². The van der Waals surface area contributed by atoms with Crippen molar-refractivity contribution >= 4 is 5.78 Å². The summed E-state index contributed by atoms with van der Waals surface area (Å²) in [5.41, 5.74) is 0.642. The van der Waals surface area contributed by atoms with E-state index in [1.165, 1.54) is 0 Å². The normalized spacial score (nSPS) is 9.86. The largest absolute Gasteiger partial charge is 0.496 e. The Balaban J connectivity index is 2.78. The fraction of sp³-hybridized carbons (Fsp3) is 0.333. The highest BCUT2D eigenvalue weighted by Crippen LogP contribution is 2.19. The van der Waals surface area contributed by atoms with E-state index in [-0.39, 0.29) is 5.78 Å². The summed E-state index contributed by atoms with van der Waals surface area (Å²) in [6.45, 7) is 2.05. The number of rotatable bonds is 5. The van der Waals surface area contributed by atoms with E-state index >= 15 is 0 Å². The van der Waals surface area contributed by atoms with Gasteiger partial charge in [0.2, 0.25) is 0 Å². The third kappa shape index (κ3) is 2.59. The highest BCUT2D eigenvalue weighted by Gasteiger charge is 2.10. The maximum atomic E-state index is 11.6. The summed E-state index contributed by atoms with van der Waals surface area (Å²) in [6.07, 6.45) is 3.51. The Kier molecular flexibility index (Phi) is 4.17. The van der Waals surface area contributed by atoms with E-state index in [0.29, 0.717) is 11.3 Å². The predicted molar refractivity (Wildman–Crippen MR) is 56.5 cm³/mol. The molecule has 1 rings (SSSR count). The second-order valence-electron chi connectivity index (χ2n) is 3.06. The molecule has 0 heterocycles. The van der Waals surface area contributed by atoms with Crippen LogP contribution in [0.1, 0.15) is 30.1 Å². The zero-order chi connectivity index (χ0) is 10.4. The van der Waals surface area contributed by atoms with Gasteiger partial charge in [0.15, 0.2) is 5.78 Å². The van der Waals surface area contributed by atoms with E-state index in [1.807, 2.05) is 19.1 Å². The number of unbranched alkanes of at least 4 members (excludes halogenated alkanes) is 1. The Morgan fingerprint density at radius 3 is 2.79 bits per heavy atom. The van der Waals surface area contributed by atoms with Crippen LogP contribution in [-0.4, -0.2) is 12.9 Å². The van der Waals surface area contributed by atoms with Crippen molar-refractivity contribution in [1.29, 1.82) is 0 Å². The number of hydrogen-bond donors (Lipinski definition) is 0. The van der Waals surface area contributed by atoms with Crippen LogP contribution in [0.15, 0.2) is 24.3 Å². The van der Waals surface area contributed by atoms with Gasteiger partial charge in [-0.2, -0.15) is 0 Å². The maximum Gasteiger partial charge on any atom is 0.170 e. The molecule has 0 amide bonds. The molecule has 0 unspecified atom stereocenters. The quantitative estimate of drug-likeness (QED) is 0.669. The minimum atomic E-state index is 0.0456. The van der Waals surface area contributed by atoms with E-state index in [2.05, 4.69) is 0 Å². The molecule has 1 radical (unpaired) electrons. The molecule has 2 nitrogen and oxygen atoms in total. The predicted octanol–water partition coefficient (Wildman–Crippen LogP) is 2.88. The molecule has 0 N–H and O–H groups in total. The summed E-state index contributed by atoms with van der Waals surface area (Å²) in [4.78, 5) is 11.6. The monoisotopic (exact) mass is 191 g/mol. The van der Waals surface area contributed by atoms with Crippen molar-refractivity contribution in [3.8, 4) is 5.75 Å². The number of Topliss-reactive ketones (excluding diaryl/α,β-unsaturated/α-hetero) is 1. The van der Waals surface area contributed by atoms with Crippen molar-refractivity contribution < 1.29 is 9.53 Å². The van der Waals surface area contributed by atoms with Crippen LogP contribution in [0.25, 0.3) is 0 Å². The molecule has 0 saturated carbocycles. The van der Waals surface area contributed by atoms with Gasteiger partial charge in [0.05, 0.1) is 12.7 Å². The zero-order valence-corrected chi connectivity index (χ0v) is 8.62. The molecule has 0 fully saturated rings. The first-order valence-corrected chi connectivity index (χ1v) is 4.80.